The van der Waals surface area contributed by atoms with E-state index in [1.54, 1.807) is 12.1 Å². The van der Waals surface area contributed by atoms with Gasteiger partial charge in [-0.3, -0.25) is 0 Å². The van der Waals surface area contributed by atoms with Crippen LogP contribution in [-0.2, 0) is 6.54 Å². The predicted molar refractivity (Wildman–Crippen MR) is 75.4 cm³/mol. The molecule has 0 fully saturated rings. The van der Waals surface area contributed by atoms with Gasteiger partial charge in [-0.05, 0) is 44.1 Å². The van der Waals surface area contributed by atoms with E-state index in [1.807, 2.05) is 0 Å². The van der Waals surface area contributed by atoms with Gasteiger partial charge in [0.25, 0.3) is 0 Å². The van der Waals surface area contributed by atoms with Crippen molar-refractivity contribution in [3.8, 4) is 0 Å². The molecule has 0 aliphatic rings. The largest absolute Gasteiger partial charge is 0.302 e. The summed E-state index contributed by atoms with van der Waals surface area (Å²) in [6, 6.07) is 4.92. The molecule has 0 aliphatic carbocycles. The number of halogens is 3. The van der Waals surface area contributed by atoms with Crippen molar-refractivity contribution < 1.29 is 4.39 Å². The van der Waals surface area contributed by atoms with Crippen LogP contribution in [0.3, 0.4) is 0 Å². The third-order valence-corrected chi connectivity index (χ3v) is 3.46. The van der Waals surface area contributed by atoms with Crippen LogP contribution in [0.2, 0.25) is 5.02 Å². The molecule has 1 aromatic carbocycles. The maximum absolute atomic E-state index is 13.0. The van der Waals surface area contributed by atoms with Crippen LogP contribution in [0.1, 0.15) is 24.8 Å². The Hall–Kier alpha value is -0.120. The number of hydrogen-bond donors (Lipinski definition) is 0. The monoisotopic (exact) mass is 321 g/mol. The van der Waals surface area contributed by atoms with Gasteiger partial charge < -0.3 is 4.90 Å². The molecule has 0 saturated carbocycles. The number of nitrogens with zero attached hydrogens (tertiary/aromatic N) is 1. The molecule has 0 amide bonds. The molecule has 0 radical (unpaired) electrons. The lowest BCUT2D eigenvalue weighted by molar-refractivity contribution is 0.318. The summed E-state index contributed by atoms with van der Waals surface area (Å²) in [7, 11) is 2.07. The van der Waals surface area contributed by atoms with Crippen LogP contribution in [0.15, 0.2) is 18.2 Å². The summed E-state index contributed by atoms with van der Waals surface area (Å²) in [6.07, 6.45) is 3.65. The lowest BCUT2D eigenvalue weighted by Crippen LogP contribution is -2.19. The molecule has 0 aromatic heterocycles. The number of alkyl halides is 1. The average molecular weight is 323 g/mol. The normalized spacial score (nSPS) is 11.1. The highest BCUT2D eigenvalue weighted by Crippen LogP contribution is 2.17. The van der Waals surface area contributed by atoms with Gasteiger partial charge in [0.2, 0.25) is 0 Å². The van der Waals surface area contributed by atoms with E-state index in [9.17, 15) is 4.39 Å². The number of rotatable bonds is 7. The van der Waals surface area contributed by atoms with Crippen LogP contribution >= 0.6 is 27.5 Å². The topological polar surface area (TPSA) is 3.24 Å². The quantitative estimate of drug-likeness (QED) is 0.528. The SMILES string of the molecule is CN(CCCCCBr)Cc1ccc(F)c(Cl)c1. The fourth-order valence-corrected chi connectivity index (χ4v) is 2.28. The van der Waals surface area contributed by atoms with Crippen LogP contribution < -0.4 is 0 Å². The smallest absolute Gasteiger partial charge is 0.141 e. The van der Waals surface area contributed by atoms with Crippen molar-refractivity contribution in [1.29, 1.82) is 0 Å². The van der Waals surface area contributed by atoms with Crippen LogP contribution in [0.4, 0.5) is 4.39 Å². The first-order valence-corrected chi connectivity index (χ1v) is 7.32. The van der Waals surface area contributed by atoms with Crippen molar-refractivity contribution in [3.05, 3.63) is 34.6 Å². The van der Waals surface area contributed by atoms with Crippen molar-refractivity contribution in [1.82, 2.24) is 4.90 Å². The Morgan fingerprint density at radius 3 is 2.71 bits per heavy atom. The molecule has 0 saturated heterocycles. The van der Waals surface area contributed by atoms with E-state index < -0.39 is 0 Å². The number of benzene rings is 1. The highest BCUT2D eigenvalue weighted by atomic mass is 79.9. The average Bonchev–Trinajstić information content (AvgIpc) is 2.30. The summed E-state index contributed by atoms with van der Waals surface area (Å²) in [5.41, 5.74) is 1.05. The summed E-state index contributed by atoms with van der Waals surface area (Å²) < 4.78 is 13.0. The molecule has 4 heteroatoms. The molecule has 1 rings (SSSR count). The van der Waals surface area contributed by atoms with E-state index >= 15 is 0 Å². The summed E-state index contributed by atoms with van der Waals surface area (Å²) >= 11 is 9.17. The highest BCUT2D eigenvalue weighted by molar-refractivity contribution is 9.09. The van der Waals surface area contributed by atoms with Gasteiger partial charge >= 0.3 is 0 Å². The van der Waals surface area contributed by atoms with E-state index in [0.717, 1.165) is 24.0 Å². The highest BCUT2D eigenvalue weighted by Gasteiger charge is 2.04. The molecule has 0 heterocycles. The molecule has 0 N–H and O–H groups in total. The van der Waals surface area contributed by atoms with Crippen LogP contribution in [0, 0.1) is 5.82 Å². The maximum Gasteiger partial charge on any atom is 0.141 e. The standard InChI is InChI=1S/C13H18BrClFN/c1-17(8-4-2-3-7-14)10-11-5-6-13(16)12(15)9-11/h5-6,9H,2-4,7-8,10H2,1H3. The third kappa shape index (κ3) is 5.84. The number of unbranched alkanes of at least 4 members (excludes halogenated alkanes) is 2. The first-order chi connectivity index (χ1) is 8.13. The van der Waals surface area contributed by atoms with Gasteiger partial charge in [-0.2, -0.15) is 0 Å². The Bertz CT molecular complexity index is 346. The summed E-state index contributed by atoms with van der Waals surface area (Å²) in [4.78, 5) is 2.23. The molecule has 0 atom stereocenters. The van der Waals surface area contributed by atoms with E-state index in [0.29, 0.717) is 0 Å². The zero-order chi connectivity index (χ0) is 12.7. The van der Waals surface area contributed by atoms with Crippen molar-refractivity contribution in [3.63, 3.8) is 0 Å². The zero-order valence-electron chi connectivity index (χ0n) is 10.1. The zero-order valence-corrected chi connectivity index (χ0v) is 12.4. The second-order valence-corrected chi connectivity index (χ2v) is 5.44. The Morgan fingerprint density at radius 2 is 2.06 bits per heavy atom. The second kappa shape index (κ2) is 8.06. The van der Waals surface area contributed by atoms with Crippen molar-refractivity contribution in [2.24, 2.45) is 0 Å². The van der Waals surface area contributed by atoms with E-state index in [2.05, 4.69) is 27.9 Å². The number of hydrogen-bond acceptors (Lipinski definition) is 1. The van der Waals surface area contributed by atoms with Gasteiger partial charge in [-0.1, -0.05) is 40.0 Å². The Morgan fingerprint density at radius 1 is 1.29 bits per heavy atom. The Labute approximate surface area is 116 Å². The minimum Gasteiger partial charge on any atom is -0.302 e. The molecule has 17 heavy (non-hydrogen) atoms. The fraction of sp³-hybridized carbons (Fsp3) is 0.538. The minimum atomic E-state index is -0.351. The summed E-state index contributed by atoms with van der Waals surface area (Å²) in [5, 5.41) is 1.28. The first-order valence-electron chi connectivity index (χ1n) is 5.82. The molecule has 96 valence electrons. The van der Waals surface area contributed by atoms with Gasteiger partial charge in [0.05, 0.1) is 5.02 Å². The molecular formula is C13H18BrClFN. The first kappa shape index (κ1) is 14.9. The molecule has 0 bridgehead atoms. The lowest BCUT2D eigenvalue weighted by Gasteiger charge is -2.16. The van der Waals surface area contributed by atoms with Crippen molar-refractivity contribution >= 4 is 27.5 Å². The molecule has 1 nitrogen and oxygen atoms in total. The third-order valence-electron chi connectivity index (χ3n) is 2.61. The molecule has 0 spiro atoms. The second-order valence-electron chi connectivity index (χ2n) is 4.24. The van der Waals surface area contributed by atoms with Gasteiger partial charge in [0.15, 0.2) is 0 Å². The molecule has 0 aliphatic heterocycles. The van der Waals surface area contributed by atoms with E-state index in [1.165, 1.54) is 25.3 Å². The Kier molecular flexibility index (Phi) is 7.09. The van der Waals surface area contributed by atoms with Crippen molar-refractivity contribution in [2.45, 2.75) is 25.8 Å². The minimum absolute atomic E-state index is 0.204. The summed E-state index contributed by atoms with van der Waals surface area (Å²) in [6.45, 7) is 1.87. The van der Waals surface area contributed by atoms with Crippen LogP contribution in [0.5, 0.6) is 0 Å². The molecular weight excluding hydrogens is 305 g/mol. The predicted octanol–water partition coefficient (Wildman–Crippen LogP) is 4.48. The van der Waals surface area contributed by atoms with Crippen molar-refractivity contribution in [2.75, 3.05) is 18.9 Å². The molecule has 1 aromatic rings. The Balaban J connectivity index is 2.34. The maximum atomic E-state index is 13.0. The van der Waals surface area contributed by atoms with E-state index in [-0.39, 0.29) is 10.8 Å². The molecule has 0 unspecified atom stereocenters. The van der Waals surface area contributed by atoms with Gasteiger partial charge in [-0.15, -0.1) is 0 Å². The van der Waals surface area contributed by atoms with E-state index in [4.69, 9.17) is 11.6 Å². The summed E-state index contributed by atoms with van der Waals surface area (Å²) in [5.74, 6) is -0.351. The van der Waals surface area contributed by atoms with Gasteiger partial charge in [0.1, 0.15) is 5.82 Å². The van der Waals surface area contributed by atoms with Gasteiger partial charge in [0, 0.05) is 11.9 Å². The fourth-order valence-electron chi connectivity index (χ4n) is 1.68. The van der Waals surface area contributed by atoms with Gasteiger partial charge in [-0.25, -0.2) is 4.39 Å². The van der Waals surface area contributed by atoms with Crippen LogP contribution in [0.25, 0.3) is 0 Å². The lowest BCUT2D eigenvalue weighted by atomic mass is 10.2. The van der Waals surface area contributed by atoms with Crippen LogP contribution in [-0.4, -0.2) is 23.8 Å².